The fourth-order valence-corrected chi connectivity index (χ4v) is 3.06. The first-order valence-electron chi connectivity index (χ1n) is 8.40. The van der Waals surface area contributed by atoms with Gasteiger partial charge >= 0.3 is 0 Å². The maximum Gasteiger partial charge on any atom is 0.120 e. The van der Waals surface area contributed by atoms with E-state index in [0.717, 1.165) is 63.2 Å². The van der Waals surface area contributed by atoms with Crippen molar-refractivity contribution in [1.82, 2.24) is 10.2 Å². The molecule has 1 aromatic rings. The monoisotopic (exact) mass is 292 g/mol. The van der Waals surface area contributed by atoms with Gasteiger partial charge in [-0.15, -0.1) is 0 Å². The number of hydrogen-bond acceptors (Lipinski definition) is 4. The Morgan fingerprint density at radius 3 is 2.71 bits per heavy atom. The third-order valence-corrected chi connectivity index (χ3v) is 4.52. The predicted octanol–water partition coefficient (Wildman–Crippen LogP) is 2.84. The number of ether oxygens (including phenoxy) is 1. The molecule has 0 aromatic carbocycles. The van der Waals surface area contributed by atoms with Crippen LogP contribution in [0.2, 0.25) is 0 Å². The lowest BCUT2D eigenvalue weighted by molar-refractivity contribution is 0.0111. The Morgan fingerprint density at radius 1 is 1.29 bits per heavy atom. The first kappa shape index (κ1) is 15.1. The van der Waals surface area contributed by atoms with Gasteiger partial charge in [0, 0.05) is 25.7 Å². The quantitative estimate of drug-likeness (QED) is 0.838. The number of aryl methyl sites for hydroxylation is 1. The minimum absolute atomic E-state index is 0.461. The number of hydrogen-bond donors (Lipinski definition) is 1. The van der Waals surface area contributed by atoms with E-state index in [1.807, 2.05) is 0 Å². The minimum atomic E-state index is 0.461. The van der Waals surface area contributed by atoms with E-state index in [0.29, 0.717) is 6.10 Å². The summed E-state index contributed by atoms with van der Waals surface area (Å²) in [5, 5.41) is 3.53. The van der Waals surface area contributed by atoms with Crippen LogP contribution >= 0.6 is 0 Å². The lowest BCUT2D eigenvalue weighted by atomic mass is 10.1. The Labute approximate surface area is 127 Å². The van der Waals surface area contributed by atoms with Crippen LogP contribution in [0, 0.1) is 6.92 Å². The molecule has 0 atom stereocenters. The minimum Gasteiger partial charge on any atom is -0.463 e. The molecule has 0 bridgehead atoms. The first-order valence-corrected chi connectivity index (χ1v) is 8.40. The number of furan rings is 1. The zero-order chi connectivity index (χ0) is 14.7. The standard InChI is InChI=1S/C17H28N2O2/c1-3-20-15-6-8-19(9-7-15)12-16-10-13(2)17(21-16)11-18-14-4-5-14/h10,14-15,18H,3-9,11-12H2,1-2H3. The summed E-state index contributed by atoms with van der Waals surface area (Å²) in [6.45, 7) is 9.10. The summed E-state index contributed by atoms with van der Waals surface area (Å²) in [7, 11) is 0. The highest BCUT2D eigenvalue weighted by Gasteiger charge is 2.22. The van der Waals surface area contributed by atoms with Crippen molar-refractivity contribution < 1.29 is 9.15 Å². The molecular weight excluding hydrogens is 264 g/mol. The normalized spacial score (nSPS) is 21.0. The molecule has 2 aliphatic rings. The van der Waals surface area contributed by atoms with Crippen molar-refractivity contribution in [2.24, 2.45) is 0 Å². The SMILES string of the molecule is CCOC1CCN(Cc2cc(C)c(CNC3CC3)o2)CC1. The van der Waals surface area contributed by atoms with Gasteiger partial charge in [-0.25, -0.2) is 0 Å². The molecule has 0 spiro atoms. The Hall–Kier alpha value is -0.840. The van der Waals surface area contributed by atoms with E-state index in [-0.39, 0.29) is 0 Å². The van der Waals surface area contributed by atoms with Crippen LogP contribution in [0.3, 0.4) is 0 Å². The summed E-state index contributed by atoms with van der Waals surface area (Å²) in [5.74, 6) is 2.22. The number of nitrogens with one attached hydrogen (secondary N) is 1. The lowest BCUT2D eigenvalue weighted by Crippen LogP contribution is -2.36. The maximum atomic E-state index is 6.03. The van der Waals surface area contributed by atoms with E-state index in [9.17, 15) is 0 Å². The molecule has 1 aliphatic carbocycles. The average Bonchev–Trinajstić information content (AvgIpc) is 3.24. The van der Waals surface area contributed by atoms with E-state index in [4.69, 9.17) is 9.15 Å². The third-order valence-electron chi connectivity index (χ3n) is 4.52. The van der Waals surface area contributed by atoms with Crippen LogP contribution in [-0.2, 0) is 17.8 Å². The van der Waals surface area contributed by atoms with Gasteiger partial charge in [-0.1, -0.05) is 0 Å². The van der Waals surface area contributed by atoms with Gasteiger partial charge in [-0.2, -0.15) is 0 Å². The fourth-order valence-electron chi connectivity index (χ4n) is 3.06. The molecule has 118 valence electrons. The van der Waals surface area contributed by atoms with Crippen molar-refractivity contribution in [2.75, 3.05) is 19.7 Å². The molecule has 0 radical (unpaired) electrons. The highest BCUT2D eigenvalue weighted by atomic mass is 16.5. The highest BCUT2D eigenvalue weighted by molar-refractivity contribution is 5.20. The second kappa shape index (κ2) is 6.95. The van der Waals surface area contributed by atoms with Crippen molar-refractivity contribution in [2.45, 2.75) is 64.8 Å². The Kier molecular flexibility index (Phi) is 4.99. The maximum absolute atomic E-state index is 6.03. The third kappa shape index (κ3) is 4.31. The Balaban J connectivity index is 1.47. The van der Waals surface area contributed by atoms with Crippen LogP contribution < -0.4 is 5.32 Å². The van der Waals surface area contributed by atoms with Gasteiger partial charge in [0.1, 0.15) is 11.5 Å². The molecule has 21 heavy (non-hydrogen) atoms. The summed E-state index contributed by atoms with van der Waals surface area (Å²) >= 11 is 0. The van der Waals surface area contributed by atoms with E-state index < -0.39 is 0 Å². The molecule has 4 heteroatoms. The number of piperidine rings is 1. The van der Waals surface area contributed by atoms with Crippen LogP contribution in [0.1, 0.15) is 49.7 Å². The molecule has 3 rings (SSSR count). The van der Waals surface area contributed by atoms with Crippen molar-refractivity contribution in [3.8, 4) is 0 Å². The molecule has 1 aromatic heterocycles. The molecule has 2 fully saturated rings. The number of likely N-dealkylation sites (tertiary alicyclic amines) is 1. The van der Waals surface area contributed by atoms with Gasteiger partial charge < -0.3 is 14.5 Å². The van der Waals surface area contributed by atoms with Crippen LogP contribution in [0.5, 0.6) is 0 Å². The number of rotatable bonds is 7. The molecule has 1 aliphatic heterocycles. The first-order chi connectivity index (χ1) is 10.2. The summed E-state index contributed by atoms with van der Waals surface area (Å²) in [5.41, 5.74) is 1.28. The molecule has 1 saturated heterocycles. The molecule has 0 unspecified atom stereocenters. The van der Waals surface area contributed by atoms with Crippen molar-refractivity contribution in [3.05, 3.63) is 23.2 Å². The summed E-state index contributed by atoms with van der Waals surface area (Å²) in [4.78, 5) is 2.48. The van der Waals surface area contributed by atoms with E-state index >= 15 is 0 Å². The van der Waals surface area contributed by atoms with E-state index in [1.165, 1.54) is 18.4 Å². The summed E-state index contributed by atoms with van der Waals surface area (Å²) in [6.07, 6.45) is 5.39. The molecule has 4 nitrogen and oxygen atoms in total. The van der Waals surface area contributed by atoms with Gasteiger partial charge in [0.2, 0.25) is 0 Å². The lowest BCUT2D eigenvalue weighted by Gasteiger charge is -2.31. The molecular formula is C17H28N2O2. The predicted molar refractivity (Wildman–Crippen MR) is 83.2 cm³/mol. The molecule has 1 saturated carbocycles. The van der Waals surface area contributed by atoms with Crippen molar-refractivity contribution in [3.63, 3.8) is 0 Å². The summed E-state index contributed by atoms with van der Waals surface area (Å²) in [6, 6.07) is 2.94. The second-order valence-electron chi connectivity index (χ2n) is 6.40. The zero-order valence-electron chi connectivity index (χ0n) is 13.4. The molecule has 2 heterocycles. The average molecular weight is 292 g/mol. The van der Waals surface area contributed by atoms with Gasteiger partial charge in [-0.3, -0.25) is 4.90 Å². The number of nitrogens with zero attached hydrogens (tertiary/aromatic N) is 1. The van der Waals surface area contributed by atoms with Gasteiger partial charge in [0.25, 0.3) is 0 Å². The zero-order valence-corrected chi connectivity index (χ0v) is 13.4. The van der Waals surface area contributed by atoms with E-state index in [1.54, 1.807) is 0 Å². The Bertz CT molecular complexity index is 446. The van der Waals surface area contributed by atoms with Crippen LogP contribution in [0.15, 0.2) is 10.5 Å². The molecule has 0 amide bonds. The fraction of sp³-hybridized carbons (Fsp3) is 0.765. The Morgan fingerprint density at radius 2 is 2.05 bits per heavy atom. The smallest absolute Gasteiger partial charge is 0.120 e. The summed E-state index contributed by atoms with van der Waals surface area (Å²) < 4.78 is 11.7. The highest BCUT2D eigenvalue weighted by Crippen LogP contribution is 2.22. The van der Waals surface area contributed by atoms with Crippen LogP contribution in [-0.4, -0.2) is 36.7 Å². The van der Waals surface area contributed by atoms with Gasteiger partial charge in [-0.05, 0) is 51.2 Å². The van der Waals surface area contributed by atoms with E-state index in [2.05, 4.69) is 30.1 Å². The second-order valence-corrected chi connectivity index (χ2v) is 6.40. The molecule has 1 N–H and O–H groups in total. The van der Waals surface area contributed by atoms with Crippen LogP contribution in [0.4, 0.5) is 0 Å². The van der Waals surface area contributed by atoms with Crippen molar-refractivity contribution in [1.29, 1.82) is 0 Å². The van der Waals surface area contributed by atoms with Crippen LogP contribution in [0.25, 0.3) is 0 Å². The topological polar surface area (TPSA) is 37.6 Å². The van der Waals surface area contributed by atoms with Crippen molar-refractivity contribution >= 4 is 0 Å². The van der Waals surface area contributed by atoms with Gasteiger partial charge in [0.05, 0.1) is 19.2 Å². The van der Waals surface area contributed by atoms with Gasteiger partial charge in [0.15, 0.2) is 0 Å². The largest absolute Gasteiger partial charge is 0.463 e.